The number of unbranched alkanes of at least 4 members (excludes halogenated alkanes) is 6. The van der Waals surface area contributed by atoms with E-state index in [0.29, 0.717) is 11.3 Å². The summed E-state index contributed by atoms with van der Waals surface area (Å²) in [6, 6.07) is 0. The Balaban J connectivity index is 1.80. The van der Waals surface area contributed by atoms with Crippen LogP contribution in [0.5, 0.6) is 0 Å². The van der Waals surface area contributed by atoms with Gasteiger partial charge in [0.1, 0.15) is 0 Å². The fourth-order valence-corrected chi connectivity index (χ4v) is 12.2. The maximum Gasteiger partial charge on any atom is 0.0914 e. The minimum atomic E-state index is -1.96. The fraction of sp³-hybridized carbons (Fsp3) is 1.00. The SMILES string of the molecule is CCCCCC[P@@]1(=O)CC[C@@H]1[C@H]1CC[P@]1(=O)CCCCCC. The maximum absolute atomic E-state index is 13.1. The summed E-state index contributed by atoms with van der Waals surface area (Å²) >= 11 is 0. The highest BCUT2D eigenvalue weighted by molar-refractivity contribution is 7.70. The van der Waals surface area contributed by atoms with Crippen LogP contribution in [0, 0.1) is 0 Å². The molecule has 22 heavy (non-hydrogen) atoms. The van der Waals surface area contributed by atoms with Crippen LogP contribution in [0.3, 0.4) is 0 Å². The molecule has 0 aromatic heterocycles. The van der Waals surface area contributed by atoms with Crippen molar-refractivity contribution >= 4 is 14.3 Å². The summed E-state index contributed by atoms with van der Waals surface area (Å²) in [6.07, 6.45) is 15.8. The Hall–Kier alpha value is 0.460. The first-order valence-electron chi connectivity index (χ1n) is 9.71. The van der Waals surface area contributed by atoms with Crippen LogP contribution in [0.15, 0.2) is 0 Å². The third-order valence-corrected chi connectivity index (χ3v) is 14.1. The molecule has 0 unspecified atom stereocenters. The third-order valence-electron chi connectivity index (χ3n) is 6.04. The van der Waals surface area contributed by atoms with E-state index < -0.39 is 14.3 Å². The van der Waals surface area contributed by atoms with Crippen molar-refractivity contribution in [1.29, 1.82) is 0 Å². The molecule has 2 heterocycles. The zero-order valence-corrected chi connectivity index (χ0v) is 16.6. The average molecular weight is 346 g/mol. The number of hydrogen-bond acceptors (Lipinski definition) is 2. The molecule has 0 bridgehead atoms. The Morgan fingerprint density at radius 2 is 1.09 bits per heavy atom. The summed E-state index contributed by atoms with van der Waals surface area (Å²) in [4.78, 5) is 0. The van der Waals surface area contributed by atoms with E-state index in [2.05, 4.69) is 13.8 Å². The van der Waals surface area contributed by atoms with Crippen molar-refractivity contribution in [3.8, 4) is 0 Å². The maximum atomic E-state index is 13.1. The van der Waals surface area contributed by atoms with E-state index in [1.54, 1.807) is 0 Å². The van der Waals surface area contributed by atoms with Gasteiger partial charge in [0.25, 0.3) is 0 Å². The van der Waals surface area contributed by atoms with Crippen LogP contribution in [0.25, 0.3) is 0 Å². The van der Waals surface area contributed by atoms with Crippen LogP contribution in [0.2, 0.25) is 0 Å². The largest absolute Gasteiger partial charge is 0.323 e. The average Bonchev–Trinajstić information content (AvgIpc) is 2.50. The Morgan fingerprint density at radius 3 is 1.36 bits per heavy atom. The lowest BCUT2D eigenvalue weighted by molar-refractivity contribution is 0.487. The van der Waals surface area contributed by atoms with Crippen LogP contribution in [-0.4, -0.2) is 36.0 Å². The van der Waals surface area contributed by atoms with E-state index in [9.17, 15) is 9.13 Å². The van der Waals surface area contributed by atoms with Crippen LogP contribution in [-0.2, 0) is 9.13 Å². The molecule has 4 heteroatoms. The predicted molar refractivity (Wildman–Crippen MR) is 99.8 cm³/mol. The third kappa shape index (κ3) is 4.30. The zero-order valence-electron chi connectivity index (χ0n) is 14.8. The zero-order chi connectivity index (χ0) is 16.1. The molecule has 0 saturated carbocycles. The second-order valence-corrected chi connectivity index (χ2v) is 14.6. The lowest BCUT2D eigenvalue weighted by Crippen LogP contribution is -2.43. The van der Waals surface area contributed by atoms with Gasteiger partial charge in [0.2, 0.25) is 0 Å². The highest BCUT2D eigenvalue weighted by Gasteiger charge is 2.55. The molecule has 0 radical (unpaired) electrons. The quantitative estimate of drug-likeness (QED) is 0.319. The first-order valence-corrected chi connectivity index (χ1v) is 14.0. The molecular formula is C18H36O2P2. The van der Waals surface area contributed by atoms with E-state index in [-0.39, 0.29) is 0 Å². The van der Waals surface area contributed by atoms with Gasteiger partial charge >= 0.3 is 0 Å². The molecule has 0 N–H and O–H groups in total. The molecule has 2 nitrogen and oxygen atoms in total. The number of hydrogen-bond donors (Lipinski definition) is 0. The van der Waals surface area contributed by atoms with E-state index >= 15 is 0 Å². The van der Waals surface area contributed by atoms with Crippen molar-refractivity contribution < 1.29 is 9.13 Å². The van der Waals surface area contributed by atoms with Gasteiger partial charge in [0.15, 0.2) is 0 Å². The molecule has 2 saturated heterocycles. The standard InChI is InChI=1S/C18H36O2P2/c1-3-5-7-9-13-21(19)15-11-17(21)18-12-16-22(18,20)14-10-8-6-4-2/h17-18H,3-16H2,1-2H3/t17-,18-,21-,22-/m1/s1. The van der Waals surface area contributed by atoms with Crippen molar-refractivity contribution in [1.82, 2.24) is 0 Å². The summed E-state index contributed by atoms with van der Waals surface area (Å²) in [5.74, 6) is 0. The van der Waals surface area contributed by atoms with Crippen LogP contribution in [0.4, 0.5) is 0 Å². The van der Waals surface area contributed by atoms with Gasteiger partial charge in [-0.25, -0.2) is 0 Å². The van der Waals surface area contributed by atoms with Gasteiger partial charge in [-0.15, -0.1) is 0 Å². The molecule has 0 aromatic carbocycles. The molecule has 2 fully saturated rings. The molecule has 0 aliphatic carbocycles. The minimum absolute atomic E-state index is 0.361. The van der Waals surface area contributed by atoms with Gasteiger partial charge in [0, 0.05) is 36.0 Å². The van der Waals surface area contributed by atoms with Gasteiger partial charge in [0.05, 0.1) is 14.3 Å². The van der Waals surface area contributed by atoms with Crippen molar-refractivity contribution in [3.63, 3.8) is 0 Å². The van der Waals surface area contributed by atoms with Gasteiger partial charge in [-0.1, -0.05) is 52.4 Å². The molecule has 0 spiro atoms. The Bertz CT molecular complexity index is 393. The highest BCUT2D eigenvalue weighted by Crippen LogP contribution is 2.74. The molecule has 4 atom stereocenters. The van der Waals surface area contributed by atoms with E-state index in [1.807, 2.05) is 0 Å². The van der Waals surface area contributed by atoms with Crippen molar-refractivity contribution in [2.45, 2.75) is 89.4 Å². The first kappa shape index (κ1) is 18.8. The second-order valence-electron chi connectivity index (χ2n) is 7.63. The van der Waals surface area contributed by atoms with E-state index in [4.69, 9.17) is 0 Å². The van der Waals surface area contributed by atoms with Crippen molar-refractivity contribution in [3.05, 3.63) is 0 Å². The molecule has 2 rings (SSSR count). The van der Waals surface area contributed by atoms with Crippen molar-refractivity contribution in [2.24, 2.45) is 0 Å². The normalized spacial score (nSPS) is 37.5. The summed E-state index contributed by atoms with van der Waals surface area (Å²) in [5.41, 5.74) is 0.722. The summed E-state index contributed by atoms with van der Waals surface area (Å²) < 4.78 is 26.3. The van der Waals surface area contributed by atoms with Crippen LogP contribution < -0.4 is 0 Å². The highest BCUT2D eigenvalue weighted by atomic mass is 31.2. The monoisotopic (exact) mass is 346 g/mol. The second kappa shape index (κ2) is 8.53. The molecule has 2 aliphatic heterocycles. The predicted octanol–water partition coefficient (Wildman–Crippen LogP) is 6.42. The lowest BCUT2D eigenvalue weighted by Gasteiger charge is -2.50. The van der Waals surface area contributed by atoms with Gasteiger partial charge < -0.3 is 9.13 Å². The van der Waals surface area contributed by atoms with E-state index in [1.165, 1.54) is 38.5 Å². The first-order chi connectivity index (χ1) is 10.6. The topological polar surface area (TPSA) is 34.1 Å². The molecule has 130 valence electrons. The Morgan fingerprint density at radius 1 is 0.682 bits per heavy atom. The summed E-state index contributed by atoms with van der Waals surface area (Å²) in [6.45, 7) is 4.44. The van der Waals surface area contributed by atoms with Gasteiger partial charge in [-0.3, -0.25) is 0 Å². The molecule has 0 aromatic rings. The number of rotatable bonds is 11. The smallest absolute Gasteiger partial charge is 0.0914 e. The van der Waals surface area contributed by atoms with Gasteiger partial charge in [-0.2, -0.15) is 0 Å². The minimum Gasteiger partial charge on any atom is -0.323 e. The summed E-state index contributed by atoms with van der Waals surface area (Å²) in [7, 11) is -3.92. The molecule has 2 aliphatic rings. The lowest BCUT2D eigenvalue weighted by atomic mass is 10.1. The summed E-state index contributed by atoms with van der Waals surface area (Å²) in [5, 5.41) is 0. The van der Waals surface area contributed by atoms with Crippen LogP contribution in [0.1, 0.15) is 78.1 Å². The Labute approximate surface area is 138 Å². The molecule has 0 amide bonds. The van der Waals surface area contributed by atoms with Gasteiger partial charge in [-0.05, 0) is 25.7 Å². The fourth-order valence-electron chi connectivity index (χ4n) is 4.31. The van der Waals surface area contributed by atoms with E-state index in [0.717, 1.165) is 50.3 Å². The molecular weight excluding hydrogens is 310 g/mol. The van der Waals surface area contributed by atoms with Crippen LogP contribution >= 0.6 is 14.3 Å². The van der Waals surface area contributed by atoms with Crippen molar-refractivity contribution in [2.75, 3.05) is 24.6 Å². The Kier molecular flexibility index (Phi) is 7.28.